The molecule has 0 unspecified atom stereocenters. The van der Waals surface area contributed by atoms with Crippen LogP contribution in [0.25, 0.3) is 0 Å². The van der Waals surface area contributed by atoms with Crippen LogP contribution in [-0.4, -0.2) is 41.5 Å². The molecule has 6 heteroatoms. The molecule has 1 aromatic carbocycles. The normalized spacial score (nSPS) is 34.9. The lowest BCUT2D eigenvalue weighted by Gasteiger charge is -2.34. The number of benzene rings is 1. The summed E-state index contributed by atoms with van der Waals surface area (Å²) in [5.74, 6) is -1.36. The van der Waals surface area contributed by atoms with Crippen molar-refractivity contribution in [3.8, 4) is 0 Å². The van der Waals surface area contributed by atoms with Crippen LogP contribution < -0.4 is 5.32 Å². The zero-order chi connectivity index (χ0) is 19.5. The average molecular weight is 384 g/mol. The van der Waals surface area contributed by atoms with Gasteiger partial charge in [0.1, 0.15) is 11.4 Å². The van der Waals surface area contributed by atoms with E-state index in [0.29, 0.717) is 13.1 Å². The average Bonchev–Trinajstić information content (AvgIpc) is 3.44. The summed E-state index contributed by atoms with van der Waals surface area (Å²) in [5.41, 5.74) is -0.212. The van der Waals surface area contributed by atoms with Crippen molar-refractivity contribution in [3.63, 3.8) is 0 Å². The SMILES string of the molecule is CCN1C[C@]23C=C[C@H](O2)[C@H](C(=O)NC2(c4ccc(F)cc4)CCCC2)[C@@H]3C1=O. The van der Waals surface area contributed by atoms with Crippen LogP contribution in [-0.2, 0) is 19.9 Å². The molecule has 1 N–H and O–H groups in total. The zero-order valence-corrected chi connectivity index (χ0v) is 16.0. The molecule has 1 aromatic rings. The van der Waals surface area contributed by atoms with Crippen LogP contribution in [0.5, 0.6) is 0 Å². The lowest BCUT2D eigenvalue weighted by Crippen LogP contribution is -2.51. The highest BCUT2D eigenvalue weighted by Gasteiger charge is 2.66. The van der Waals surface area contributed by atoms with Crippen LogP contribution in [0.15, 0.2) is 36.4 Å². The molecule has 2 bridgehead atoms. The summed E-state index contributed by atoms with van der Waals surface area (Å²) in [6.07, 6.45) is 7.24. The largest absolute Gasteiger partial charge is 0.360 e. The summed E-state index contributed by atoms with van der Waals surface area (Å²) in [6, 6.07) is 6.41. The molecule has 2 saturated heterocycles. The minimum atomic E-state index is -0.654. The Morgan fingerprint density at radius 2 is 2.00 bits per heavy atom. The van der Waals surface area contributed by atoms with E-state index in [1.807, 2.05) is 19.1 Å². The third kappa shape index (κ3) is 2.40. The Balaban J connectivity index is 1.44. The topological polar surface area (TPSA) is 58.6 Å². The van der Waals surface area contributed by atoms with Crippen LogP contribution in [0.2, 0.25) is 0 Å². The van der Waals surface area contributed by atoms with E-state index in [2.05, 4.69) is 5.32 Å². The fourth-order valence-corrected chi connectivity index (χ4v) is 5.70. The Bertz CT molecular complexity index is 846. The molecule has 2 amide bonds. The number of nitrogens with one attached hydrogen (secondary N) is 1. The van der Waals surface area contributed by atoms with E-state index in [1.165, 1.54) is 12.1 Å². The number of halogens is 1. The smallest absolute Gasteiger partial charge is 0.230 e. The van der Waals surface area contributed by atoms with Gasteiger partial charge in [-0.2, -0.15) is 0 Å². The number of likely N-dealkylation sites (tertiary alicyclic amines) is 1. The number of hydrogen-bond donors (Lipinski definition) is 1. The number of carbonyl (C=O) groups excluding carboxylic acids is 2. The van der Waals surface area contributed by atoms with Crippen molar-refractivity contribution in [2.75, 3.05) is 13.1 Å². The highest BCUT2D eigenvalue weighted by molar-refractivity contribution is 5.93. The quantitative estimate of drug-likeness (QED) is 0.812. The first kappa shape index (κ1) is 17.9. The van der Waals surface area contributed by atoms with Crippen molar-refractivity contribution in [2.45, 2.75) is 49.9 Å². The number of carbonyl (C=O) groups is 2. The standard InChI is InChI=1S/C22H25FN2O3/c1-2-25-13-22-12-9-16(28-22)17(18(22)20(25)27)19(26)24-21(10-3-4-11-21)14-5-7-15(23)8-6-14/h5-9,12,16-18H,2-4,10-11,13H2,1H3,(H,24,26)/t16-,17-,18+,22-/m0/s1. The molecule has 1 aliphatic carbocycles. The fourth-order valence-electron chi connectivity index (χ4n) is 5.70. The van der Waals surface area contributed by atoms with Crippen LogP contribution in [0.4, 0.5) is 4.39 Å². The highest BCUT2D eigenvalue weighted by atomic mass is 19.1. The van der Waals surface area contributed by atoms with Crippen LogP contribution >= 0.6 is 0 Å². The first-order valence-electron chi connectivity index (χ1n) is 10.2. The second-order valence-corrected chi connectivity index (χ2v) is 8.54. The minimum Gasteiger partial charge on any atom is -0.360 e. The molecular formula is C22H25FN2O3. The summed E-state index contributed by atoms with van der Waals surface area (Å²) >= 11 is 0. The monoisotopic (exact) mass is 384 g/mol. The summed E-state index contributed by atoms with van der Waals surface area (Å²) in [7, 11) is 0. The predicted octanol–water partition coefficient (Wildman–Crippen LogP) is 2.51. The molecule has 0 aromatic heterocycles. The van der Waals surface area contributed by atoms with E-state index in [9.17, 15) is 14.0 Å². The number of fused-ring (bicyclic) bond motifs is 1. The highest BCUT2D eigenvalue weighted by Crippen LogP contribution is 2.52. The van der Waals surface area contributed by atoms with Gasteiger partial charge in [0.25, 0.3) is 0 Å². The van der Waals surface area contributed by atoms with Crippen molar-refractivity contribution in [3.05, 3.63) is 47.8 Å². The molecule has 5 nitrogen and oxygen atoms in total. The third-order valence-electron chi connectivity index (χ3n) is 7.08. The van der Waals surface area contributed by atoms with E-state index in [0.717, 1.165) is 31.2 Å². The first-order chi connectivity index (χ1) is 13.5. The predicted molar refractivity (Wildman–Crippen MR) is 101 cm³/mol. The molecule has 0 radical (unpaired) electrons. The van der Waals surface area contributed by atoms with E-state index >= 15 is 0 Å². The van der Waals surface area contributed by atoms with Crippen LogP contribution in [0, 0.1) is 17.7 Å². The van der Waals surface area contributed by atoms with Crippen molar-refractivity contribution in [1.82, 2.24) is 10.2 Å². The number of rotatable bonds is 4. The van der Waals surface area contributed by atoms with Gasteiger partial charge in [-0.3, -0.25) is 9.59 Å². The molecule has 5 rings (SSSR count). The third-order valence-corrected chi connectivity index (χ3v) is 7.08. The summed E-state index contributed by atoms with van der Waals surface area (Å²) in [6.45, 7) is 3.09. The van der Waals surface area contributed by atoms with E-state index in [1.54, 1.807) is 17.0 Å². The van der Waals surface area contributed by atoms with E-state index in [-0.39, 0.29) is 23.7 Å². The van der Waals surface area contributed by atoms with Crippen molar-refractivity contribution < 1.29 is 18.7 Å². The van der Waals surface area contributed by atoms with Gasteiger partial charge in [0.05, 0.1) is 30.0 Å². The van der Waals surface area contributed by atoms with Gasteiger partial charge in [-0.05, 0) is 37.5 Å². The molecule has 3 heterocycles. The second-order valence-electron chi connectivity index (χ2n) is 8.54. The van der Waals surface area contributed by atoms with Gasteiger partial charge in [0, 0.05) is 6.54 Å². The molecule has 3 fully saturated rings. The van der Waals surface area contributed by atoms with Gasteiger partial charge in [0.15, 0.2) is 0 Å². The number of hydrogen-bond acceptors (Lipinski definition) is 3. The maximum Gasteiger partial charge on any atom is 0.230 e. The van der Waals surface area contributed by atoms with Crippen molar-refractivity contribution in [1.29, 1.82) is 0 Å². The van der Waals surface area contributed by atoms with Crippen LogP contribution in [0.3, 0.4) is 0 Å². The van der Waals surface area contributed by atoms with Gasteiger partial charge < -0.3 is 15.0 Å². The lowest BCUT2D eigenvalue weighted by molar-refractivity contribution is -0.138. The molecule has 3 aliphatic heterocycles. The number of nitrogens with zero attached hydrogens (tertiary/aromatic N) is 1. The number of likely N-dealkylation sites (N-methyl/N-ethyl adjacent to an activating group) is 1. The molecule has 148 valence electrons. The van der Waals surface area contributed by atoms with E-state index < -0.39 is 23.0 Å². The Hall–Kier alpha value is -2.21. The zero-order valence-electron chi connectivity index (χ0n) is 16.0. The van der Waals surface area contributed by atoms with Gasteiger partial charge in [-0.25, -0.2) is 4.39 Å². The minimum absolute atomic E-state index is 0.0109. The van der Waals surface area contributed by atoms with E-state index in [4.69, 9.17) is 4.74 Å². The van der Waals surface area contributed by atoms with Crippen LogP contribution in [0.1, 0.15) is 38.2 Å². The van der Waals surface area contributed by atoms with Gasteiger partial charge in [0.2, 0.25) is 11.8 Å². The summed E-state index contributed by atoms with van der Waals surface area (Å²) < 4.78 is 19.6. The molecule has 4 atom stereocenters. The molecule has 28 heavy (non-hydrogen) atoms. The van der Waals surface area contributed by atoms with Gasteiger partial charge in [-0.15, -0.1) is 0 Å². The molecule has 1 saturated carbocycles. The number of ether oxygens (including phenoxy) is 1. The lowest BCUT2D eigenvalue weighted by atomic mass is 9.76. The Morgan fingerprint density at radius 3 is 2.68 bits per heavy atom. The Morgan fingerprint density at radius 1 is 1.29 bits per heavy atom. The van der Waals surface area contributed by atoms with Crippen molar-refractivity contribution in [2.24, 2.45) is 11.8 Å². The molecule has 4 aliphatic rings. The maximum absolute atomic E-state index is 13.4. The maximum atomic E-state index is 13.4. The molecule has 1 spiro atoms. The summed E-state index contributed by atoms with van der Waals surface area (Å²) in [4.78, 5) is 28.2. The first-order valence-corrected chi connectivity index (χ1v) is 10.2. The Kier molecular flexibility index (Phi) is 3.92. The Labute approximate surface area is 163 Å². The second kappa shape index (κ2) is 6.14. The fraction of sp³-hybridized carbons (Fsp3) is 0.545. The molecular weight excluding hydrogens is 359 g/mol. The van der Waals surface area contributed by atoms with Gasteiger partial charge in [-0.1, -0.05) is 37.1 Å². The van der Waals surface area contributed by atoms with Gasteiger partial charge >= 0.3 is 0 Å². The van der Waals surface area contributed by atoms with Crippen molar-refractivity contribution >= 4 is 11.8 Å². The number of amides is 2. The summed E-state index contributed by atoms with van der Waals surface area (Å²) in [5, 5.41) is 3.27.